The number of hydrogen-bond donors (Lipinski definition) is 2. The largest absolute Gasteiger partial charge is 0.391 e. The van der Waals surface area contributed by atoms with Crippen LogP contribution in [-0.2, 0) is 10.0 Å². The third-order valence-corrected chi connectivity index (χ3v) is 4.45. The zero-order valence-corrected chi connectivity index (χ0v) is 11.8. The minimum Gasteiger partial charge on any atom is -0.391 e. The Hall–Kier alpha value is -1.12. The molecule has 0 aliphatic carbocycles. The van der Waals surface area contributed by atoms with E-state index in [1.54, 1.807) is 6.92 Å². The lowest BCUT2D eigenvalue weighted by atomic mass is 10.0. The summed E-state index contributed by atoms with van der Waals surface area (Å²) >= 11 is 0. The Kier molecular flexibility index (Phi) is 5.55. The SMILES string of the molecule is CCC(C)C(O)CNS(=O)(=O)c1cc(F)c(F)c(F)c1. The number of rotatable bonds is 6. The van der Waals surface area contributed by atoms with Gasteiger partial charge < -0.3 is 5.11 Å². The molecule has 0 spiro atoms. The molecule has 0 amide bonds. The first-order valence-electron chi connectivity index (χ1n) is 6.01. The molecule has 0 aromatic heterocycles. The number of sulfonamides is 1. The summed E-state index contributed by atoms with van der Waals surface area (Å²) in [5.74, 6) is -5.05. The second kappa shape index (κ2) is 6.55. The fourth-order valence-electron chi connectivity index (χ4n) is 1.44. The maximum absolute atomic E-state index is 13.0. The van der Waals surface area contributed by atoms with Crippen LogP contribution in [-0.4, -0.2) is 26.2 Å². The van der Waals surface area contributed by atoms with Crippen molar-refractivity contribution in [2.24, 2.45) is 5.92 Å². The van der Waals surface area contributed by atoms with Crippen molar-refractivity contribution in [3.63, 3.8) is 0 Å². The van der Waals surface area contributed by atoms with Crippen molar-refractivity contribution in [1.29, 1.82) is 0 Å². The summed E-state index contributed by atoms with van der Waals surface area (Å²) in [5.41, 5.74) is 0. The molecule has 0 saturated heterocycles. The number of aliphatic hydroxyl groups excluding tert-OH is 1. The summed E-state index contributed by atoms with van der Waals surface area (Å²) in [6.07, 6.45) is -0.284. The van der Waals surface area contributed by atoms with Gasteiger partial charge in [0.25, 0.3) is 0 Å². The first-order valence-corrected chi connectivity index (χ1v) is 7.49. The molecule has 0 saturated carbocycles. The molecule has 0 fully saturated rings. The monoisotopic (exact) mass is 311 g/mol. The van der Waals surface area contributed by atoms with Gasteiger partial charge in [-0.1, -0.05) is 20.3 Å². The van der Waals surface area contributed by atoms with Gasteiger partial charge in [-0.15, -0.1) is 0 Å². The summed E-state index contributed by atoms with van der Waals surface area (Å²) < 4.78 is 64.4. The van der Waals surface area contributed by atoms with Crippen molar-refractivity contribution in [1.82, 2.24) is 4.72 Å². The lowest BCUT2D eigenvalue weighted by Crippen LogP contribution is -2.35. The molecule has 0 heterocycles. The quantitative estimate of drug-likeness (QED) is 0.787. The van der Waals surface area contributed by atoms with Gasteiger partial charge in [-0.25, -0.2) is 26.3 Å². The van der Waals surface area contributed by atoms with E-state index in [0.717, 1.165) is 0 Å². The molecule has 0 radical (unpaired) electrons. The second-order valence-electron chi connectivity index (χ2n) is 4.51. The average molecular weight is 311 g/mol. The van der Waals surface area contributed by atoms with Crippen LogP contribution >= 0.6 is 0 Å². The van der Waals surface area contributed by atoms with Crippen molar-refractivity contribution in [2.75, 3.05) is 6.54 Å². The summed E-state index contributed by atoms with van der Waals surface area (Å²) in [6.45, 7) is 3.27. The normalized spacial score (nSPS) is 15.1. The highest BCUT2D eigenvalue weighted by Gasteiger charge is 2.22. The minimum absolute atomic E-state index is 0.139. The summed E-state index contributed by atoms with van der Waals surface area (Å²) in [4.78, 5) is -0.731. The molecule has 2 unspecified atom stereocenters. The Bertz CT molecular complexity index is 554. The molecule has 2 atom stereocenters. The Labute approximate surface area is 115 Å². The van der Waals surface area contributed by atoms with Gasteiger partial charge in [-0.3, -0.25) is 0 Å². The van der Waals surface area contributed by atoms with Crippen LogP contribution in [0.2, 0.25) is 0 Å². The zero-order chi connectivity index (χ0) is 15.5. The molecular formula is C12H16F3NO3S. The van der Waals surface area contributed by atoms with Gasteiger partial charge >= 0.3 is 0 Å². The van der Waals surface area contributed by atoms with Crippen molar-refractivity contribution in [3.05, 3.63) is 29.6 Å². The van der Waals surface area contributed by atoms with Gasteiger partial charge in [0.2, 0.25) is 10.0 Å². The van der Waals surface area contributed by atoms with Crippen molar-refractivity contribution < 1.29 is 26.7 Å². The van der Waals surface area contributed by atoms with E-state index in [9.17, 15) is 26.7 Å². The van der Waals surface area contributed by atoms with E-state index in [0.29, 0.717) is 18.6 Å². The number of halogens is 3. The maximum atomic E-state index is 13.0. The summed E-state index contributed by atoms with van der Waals surface area (Å²) in [5, 5.41) is 9.65. The lowest BCUT2D eigenvalue weighted by molar-refractivity contribution is 0.118. The summed E-state index contributed by atoms with van der Waals surface area (Å²) in [6, 6.07) is 0.771. The van der Waals surface area contributed by atoms with Gasteiger partial charge in [0, 0.05) is 6.54 Å². The van der Waals surface area contributed by atoms with Crippen molar-refractivity contribution in [3.8, 4) is 0 Å². The predicted molar refractivity (Wildman–Crippen MR) is 67.0 cm³/mol. The van der Waals surface area contributed by atoms with Crippen LogP contribution in [0.4, 0.5) is 13.2 Å². The zero-order valence-electron chi connectivity index (χ0n) is 11.0. The van der Waals surface area contributed by atoms with Crippen LogP contribution in [0.15, 0.2) is 17.0 Å². The third kappa shape index (κ3) is 3.94. The number of aliphatic hydroxyl groups is 1. The Morgan fingerprint density at radius 3 is 2.20 bits per heavy atom. The van der Waals surface area contributed by atoms with Crippen LogP contribution in [0.1, 0.15) is 20.3 Å². The molecule has 20 heavy (non-hydrogen) atoms. The van der Waals surface area contributed by atoms with Gasteiger partial charge in [-0.2, -0.15) is 0 Å². The van der Waals surface area contributed by atoms with E-state index >= 15 is 0 Å². The van der Waals surface area contributed by atoms with E-state index < -0.39 is 38.5 Å². The van der Waals surface area contributed by atoms with Crippen LogP contribution in [0.25, 0.3) is 0 Å². The molecule has 1 aromatic rings. The van der Waals surface area contributed by atoms with Crippen LogP contribution in [0.5, 0.6) is 0 Å². The first-order chi connectivity index (χ1) is 9.19. The van der Waals surface area contributed by atoms with Gasteiger partial charge in [0.05, 0.1) is 11.0 Å². The van der Waals surface area contributed by atoms with E-state index in [1.165, 1.54) is 0 Å². The molecule has 8 heteroatoms. The topological polar surface area (TPSA) is 66.4 Å². The highest BCUT2D eigenvalue weighted by Crippen LogP contribution is 2.17. The van der Waals surface area contributed by atoms with Gasteiger partial charge in [0.15, 0.2) is 17.5 Å². The van der Waals surface area contributed by atoms with Crippen molar-refractivity contribution in [2.45, 2.75) is 31.3 Å². The summed E-state index contributed by atoms with van der Waals surface area (Å²) in [7, 11) is -4.22. The minimum atomic E-state index is -4.22. The molecule has 0 aliphatic heterocycles. The third-order valence-electron chi connectivity index (χ3n) is 3.05. The Balaban J connectivity index is 2.90. The van der Waals surface area contributed by atoms with Crippen LogP contribution in [0, 0.1) is 23.4 Å². The molecular weight excluding hydrogens is 295 g/mol. The van der Waals surface area contributed by atoms with E-state index in [2.05, 4.69) is 0 Å². The molecule has 4 nitrogen and oxygen atoms in total. The standard InChI is InChI=1S/C12H16F3NO3S/c1-3-7(2)11(17)6-16-20(18,19)8-4-9(13)12(15)10(14)5-8/h4-5,7,11,16-17H,3,6H2,1-2H3. The maximum Gasteiger partial charge on any atom is 0.240 e. The van der Waals surface area contributed by atoms with E-state index in [4.69, 9.17) is 0 Å². The fourth-order valence-corrected chi connectivity index (χ4v) is 2.51. The van der Waals surface area contributed by atoms with Crippen LogP contribution in [0.3, 0.4) is 0 Å². The second-order valence-corrected chi connectivity index (χ2v) is 6.27. The van der Waals surface area contributed by atoms with E-state index in [1.807, 2.05) is 11.6 Å². The highest BCUT2D eigenvalue weighted by atomic mass is 32.2. The lowest BCUT2D eigenvalue weighted by Gasteiger charge is -2.17. The van der Waals surface area contributed by atoms with Crippen molar-refractivity contribution >= 4 is 10.0 Å². The molecule has 0 aliphatic rings. The Morgan fingerprint density at radius 2 is 1.75 bits per heavy atom. The smallest absolute Gasteiger partial charge is 0.240 e. The number of benzene rings is 1. The van der Waals surface area contributed by atoms with Gasteiger partial charge in [-0.05, 0) is 18.1 Å². The first kappa shape index (κ1) is 16.9. The molecule has 1 rings (SSSR count). The van der Waals surface area contributed by atoms with E-state index in [-0.39, 0.29) is 12.5 Å². The highest BCUT2D eigenvalue weighted by molar-refractivity contribution is 7.89. The number of hydrogen-bond acceptors (Lipinski definition) is 3. The average Bonchev–Trinajstić information content (AvgIpc) is 2.40. The predicted octanol–water partition coefficient (Wildman–Crippen LogP) is 1.79. The number of nitrogens with one attached hydrogen (secondary N) is 1. The Morgan fingerprint density at radius 1 is 1.25 bits per heavy atom. The molecule has 1 aromatic carbocycles. The molecule has 2 N–H and O–H groups in total. The van der Waals surface area contributed by atoms with Gasteiger partial charge in [0.1, 0.15) is 0 Å². The molecule has 114 valence electrons. The fraction of sp³-hybridized carbons (Fsp3) is 0.500. The molecule has 0 bridgehead atoms. The van der Waals surface area contributed by atoms with Crippen LogP contribution < -0.4 is 4.72 Å².